The van der Waals surface area contributed by atoms with Crippen molar-refractivity contribution in [3.05, 3.63) is 149 Å². The molecule has 2 saturated carbocycles. The summed E-state index contributed by atoms with van der Waals surface area (Å²) in [5.74, 6) is 1.15. The molecule has 2 aliphatic carbocycles. The second-order valence-corrected chi connectivity index (χ2v) is 20.6. The molecule has 8 heteroatoms. The van der Waals surface area contributed by atoms with E-state index in [9.17, 15) is 14.7 Å². The third-order valence-corrected chi connectivity index (χ3v) is 16.4. The van der Waals surface area contributed by atoms with Gasteiger partial charge in [0.2, 0.25) is 0 Å². The topological polar surface area (TPSA) is 83.3 Å². The van der Waals surface area contributed by atoms with Crippen LogP contribution in [0.25, 0.3) is 66.4 Å². The molecule has 0 radical (unpaired) electrons. The lowest BCUT2D eigenvalue weighted by molar-refractivity contribution is 0.0696. The van der Waals surface area contributed by atoms with Crippen molar-refractivity contribution >= 4 is 55.9 Å². The second-order valence-electron chi connectivity index (χ2n) is 20.6. The fraction of sp³-hybridized carbons (Fsp3) is 0.355. The molecule has 4 aliphatic rings. The first-order valence-electron chi connectivity index (χ1n) is 26.4. The van der Waals surface area contributed by atoms with Crippen LogP contribution in [-0.4, -0.2) is 35.6 Å². The number of aromatic nitrogens is 4. The lowest BCUT2D eigenvalue weighted by Crippen LogP contribution is -2.12. The first-order valence-corrected chi connectivity index (χ1v) is 26.4. The molecule has 13 rings (SSSR count). The number of aromatic carboxylic acids is 1. The molecule has 1 N–H and O–H groups in total. The van der Waals surface area contributed by atoms with Gasteiger partial charge in [-0.05, 0) is 135 Å². The fourth-order valence-electron chi connectivity index (χ4n) is 13.1. The van der Waals surface area contributed by atoms with E-state index in [1.54, 1.807) is 6.07 Å². The fourth-order valence-corrected chi connectivity index (χ4v) is 13.1. The molecular weight excluding hydrogens is 865 g/mol. The van der Waals surface area contributed by atoms with E-state index in [1.807, 2.05) is 30.3 Å². The number of fused-ring (bicyclic) bond motifs is 14. The number of carboxylic acids is 1. The van der Waals surface area contributed by atoms with Crippen LogP contribution >= 0.6 is 0 Å². The Labute approximate surface area is 410 Å². The molecule has 4 aromatic heterocycles. The molecule has 8 nitrogen and oxygen atoms in total. The Kier molecular flexibility index (Phi) is 12.2. The van der Waals surface area contributed by atoms with E-state index in [1.165, 1.54) is 150 Å². The first-order chi connectivity index (χ1) is 34.5. The van der Waals surface area contributed by atoms with Gasteiger partial charge in [0.05, 0.1) is 33.9 Å². The van der Waals surface area contributed by atoms with Crippen molar-refractivity contribution in [3.63, 3.8) is 0 Å². The van der Waals surface area contributed by atoms with Crippen LogP contribution in [0.4, 0.5) is 0 Å². The van der Waals surface area contributed by atoms with Crippen LogP contribution in [0.15, 0.2) is 121 Å². The summed E-state index contributed by atoms with van der Waals surface area (Å²) in [4.78, 5) is 23.5. The summed E-state index contributed by atoms with van der Waals surface area (Å²) in [5, 5.41) is 14.9. The normalized spacial score (nSPS) is 16.7. The minimum Gasteiger partial charge on any atom is -0.488 e. The zero-order chi connectivity index (χ0) is 47.1. The molecule has 0 amide bonds. The SMILES string of the molecule is O=C(O)c1ccc2c(C3CCCCC3)c3n(c2c1)CCCCn1c-3cc2c(OCc3ccccc3)cccc21.O=Cc1ccc2c(C3CCCCC3)c3n(c2c1)CCCCCn1c-3cc2ccccc21. The van der Waals surface area contributed by atoms with E-state index < -0.39 is 5.97 Å². The van der Waals surface area contributed by atoms with Crippen LogP contribution < -0.4 is 4.74 Å². The Bertz CT molecular complexity index is 3390. The number of nitrogens with zero attached hydrogens (tertiary/aromatic N) is 4. The van der Waals surface area contributed by atoms with Crippen molar-refractivity contribution in [3.8, 4) is 28.5 Å². The second kappa shape index (κ2) is 19.2. The van der Waals surface area contributed by atoms with Gasteiger partial charge in [-0.25, -0.2) is 4.79 Å². The van der Waals surface area contributed by atoms with Crippen molar-refractivity contribution in [1.29, 1.82) is 0 Å². The molecule has 0 saturated heterocycles. The summed E-state index contributed by atoms with van der Waals surface area (Å²) >= 11 is 0. The van der Waals surface area contributed by atoms with Gasteiger partial charge in [0, 0.05) is 69.8 Å². The highest BCUT2D eigenvalue weighted by atomic mass is 16.5. The Morgan fingerprint density at radius 1 is 0.514 bits per heavy atom. The molecule has 0 bridgehead atoms. The quantitative estimate of drug-likeness (QED) is 0.161. The van der Waals surface area contributed by atoms with Crippen LogP contribution in [0.5, 0.6) is 5.75 Å². The zero-order valence-corrected chi connectivity index (χ0v) is 40.4. The lowest BCUT2D eigenvalue weighted by atomic mass is 9.82. The molecule has 0 unspecified atom stereocenters. The van der Waals surface area contributed by atoms with Gasteiger partial charge in [0.25, 0.3) is 0 Å². The van der Waals surface area contributed by atoms with Crippen molar-refractivity contribution in [2.24, 2.45) is 0 Å². The number of hydrogen-bond acceptors (Lipinski definition) is 3. The number of rotatable bonds is 7. The predicted molar refractivity (Wildman–Crippen MR) is 284 cm³/mol. The maximum atomic E-state index is 11.9. The van der Waals surface area contributed by atoms with Crippen molar-refractivity contribution < 1.29 is 19.4 Å². The van der Waals surface area contributed by atoms with E-state index >= 15 is 0 Å². The maximum Gasteiger partial charge on any atom is 0.335 e. The molecule has 6 heterocycles. The van der Waals surface area contributed by atoms with Gasteiger partial charge >= 0.3 is 5.97 Å². The number of hydrogen-bond donors (Lipinski definition) is 1. The molecular formula is C62H64N4O4. The van der Waals surface area contributed by atoms with Crippen LogP contribution in [0.3, 0.4) is 0 Å². The van der Waals surface area contributed by atoms with E-state index in [-0.39, 0.29) is 0 Å². The van der Waals surface area contributed by atoms with Crippen LogP contribution in [0, 0.1) is 0 Å². The molecule has 356 valence electrons. The largest absolute Gasteiger partial charge is 0.488 e. The monoisotopic (exact) mass is 928 g/mol. The Morgan fingerprint density at radius 3 is 1.74 bits per heavy atom. The summed E-state index contributed by atoms with van der Waals surface area (Å²) < 4.78 is 16.4. The number of para-hydroxylation sites is 1. The summed E-state index contributed by atoms with van der Waals surface area (Å²) in [5.41, 5.74) is 15.4. The number of carbonyl (C=O) groups excluding carboxylic acids is 1. The van der Waals surface area contributed by atoms with E-state index in [4.69, 9.17) is 4.74 Å². The number of aldehydes is 1. The van der Waals surface area contributed by atoms with Gasteiger partial charge in [0.1, 0.15) is 18.6 Å². The minimum atomic E-state index is -0.869. The maximum absolute atomic E-state index is 11.9. The van der Waals surface area contributed by atoms with E-state index in [2.05, 4.69) is 103 Å². The number of carboxylic acid groups (broad SMARTS) is 1. The van der Waals surface area contributed by atoms with Gasteiger partial charge < -0.3 is 28.1 Å². The highest BCUT2D eigenvalue weighted by Gasteiger charge is 2.32. The number of ether oxygens (including phenoxy) is 1. The van der Waals surface area contributed by atoms with Crippen LogP contribution in [0.2, 0.25) is 0 Å². The van der Waals surface area contributed by atoms with Crippen LogP contribution in [0.1, 0.15) is 146 Å². The number of benzene rings is 5. The van der Waals surface area contributed by atoms with Gasteiger partial charge in [-0.3, -0.25) is 4.79 Å². The minimum absolute atomic E-state index is 0.359. The van der Waals surface area contributed by atoms with Crippen molar-refractivity contribution in [1.82, 2.24) is 18.3 Å². The van der Waals surface area contributed by atoms with Gasteiger partial charge in [-0.1, -0.05) is 111 Å². The summed E-state index contributed by atoms with van der Waals surface area (Å²) in [6.07, 6.45) is 19.5. The predicted octanol–water partition coefficient (Wildman–Crippen LogP) is 15.7. The van der Waals surface area contributed by atoms with Crippen molar-refractivity contribution in [2.45, 2.75) is 141 Å². The summed E-state index contributed by atoms with van der Waals surface area (Å²) in [6.45, 7) is 4.51. The molecule has 2 fully saturated rings. The molecule has 5 aromatic carbocycles. The standard InChI is InChI=1S/C34H34N2O3.C28H30N2O/c37-34(38)25-16-17-26-29(20-25)36-19-8-7-18-35-28-14-9-15-31(39-22-23-10-3-1-4-11-23)27(28)21-30(35)33(36)32(26)24-12-5-2-6-13-24;31-19-20-13-14-23-25(17-20)30-16-8-2-7-15-29-24-12-6-5-11-22(24)18-26(29)28(30)27(23)21-9-3-1-4-10-21/h1,3-4,9-11,14-17,20-21,24H,2,5-8,12-13,18-19,22H2,(H,37,38);5-6,11-14,17-19,21H,1-4,7-10,15-16H2. The smallest absolute Gasteiger partial charge is 0.335 e. The average molecular weight is 929 g/mol. The van der Waals surface area contributed by atoms with Gasteiger partial charge in [-0.2, -0.15) is 0 Å². The zero-order valence-electron chi connectivity index (χ0n) is 40.4. The lowest BCUT2D eigenvalue weighted by Gasteiger charge is -2.25. The number of aryl methyl sites for hydroxylation is 4. The Morgan fingerprint density at radius 2 is 1.07 bits per heavy atom. The molecule has 9 aromatic rings. The highest BCUT2D eigenvalue weighted by molar-refractivity contribution is 6.01. The van der Waals surface area contributed by atoms with Crippen LogP contribution in [-0.2, 0) is 32.8 Å². The Hall–Kier alpha value is -6.80. The molecule has 0 spiro atoms. The Balaban J connectivity index is 0.000000148. The first kappa shape index (κ1) is 44.4. The van der Waals surface area contributed by atoms with Gasteiger partial charge in [0.15, 0.2) is 0 Å². The van der Waals surface area contributed by atoms with E-state index in [0.717, 1.165) is 73.1 Å². The van der Waals surface area contributed by atoms with Gasteiger partial charge in [-0.15, -0.1) is 0 Å². The summed E-state index contributed by atoms with van der Waals surface area (Å²) in [6, 6.07) is 42.4. The highest BCUT2D eigenvalue weighted by Crippen LogP contribution is 2.48. The average Bonchev–Trinajstić information content (AvgIpc) is 4.14. The third-order valence-electron chi connectivity index (χ3n) is 16.4. The van der Waals surface area contributed by atoms with E-state index in [0.29, 0.717) is 24.0 Å². The molecule has 2 aliphatic heterocycles. The number of carbonyl (C=O) groups is 2. The summed E-state index contributed by atoms with van der Waals surface area (Å²) in [7, 11) is 0. The molecule has 0 atom stereocenters. The van der Waals surface area contributed by atoms with Crippen molar-refractivity contribution in [2.75, 3.05) is 0 Å². The molecule has 70 heavy (non-hydrogen) atoms. The third kappa shape index (κ3) is 8.03.